The van der Waals surface area contributed by atoms with Crippen molar-refractivity contribution in [1.29, 1.82) is 0 Å². The van der Waals surface area contributed by atoms with Crippen LogP contribution in [-0.2, 0) is 0 Å². The summed E-state index contributed by atoms with van der Waals surface area (Å²) in [5, 5.41) is 2.77. The normalized spacial score (nSPS) is 13.9. The second-order valence-electron chi connectivity index (χ2n) is 5.09. The van der Waals surface area contributed by atoms with Gasteiger partial charge in [-0.2, -0.15) is 0 Å². The molecular formula is C18H14S. The first-order valence-corrected chi connectivity index (χ1v) is 7.43. The lowest BCUT2D eigenvalue weighted by Gasteiger charge is -2.02. The molecule has 0 fully saturated rings. The maximum absolute atomic E-state index is 2.29. The molecule has 0 amide bonds. The zero-order valence-corrected chi connectivity index (χ0v) is 11.6. The van der Waals surface area contributed by atoms with E-state index in [1.54, 1.807) is 0 Å². The van der Waals surface area contributed by atoms with E-state index in [-0.39, 0.29) is 0 Å². The summed E-state index contributed by atoms with van der Waals surface area (Å²) in [5.41, 5.74) is 4.05. The molecule has 1 aliphatic rings. The number of fused-ring (bicyclic) bond motifs is 5. The minimum atomic E-state index is 1.03. The van der Waals surface area contributed by atoms with Crippen LogP contribution in [0.3, 0.4) is 0 Å². The van der Waals surface area contributed by atoms with Crippen molar-refractivity contribution in [2.75, 3.05) is 0 Å². The fourth-order valence-electron chi connectivity index (χ4n) is 2.76. The standard InChI is InChI=1S/C18H14S/c1-12-7-9-15-16-10-8-13-5-3-2-4-6-14(13)18(16)19-17(15)11-12/h3-11H,2H2,1H3. The molecule has 0 saturated carbocycles. The molecule has 3 aromatic rings. The van der Waals surface area contributed by atoms with Crippen molar-refractivity contribution in [2.45, 2.75) is 13.3 Å². The van der Waals surface area contributed by atoms with Crippen molar-refractivity contribution < 1.29 is 0 Å². The monoisotopic (exact) mass is 262 g/mol. The zero-order valence-electron chi connectivity index (χ0n) is 10.8. The second kappa shape index (κ2) is 4.07. The Hall–Kier alpha value is -1.86. The van der Waals surface area contributed by atoms with Gasteiger partial charge in [-0.1, -0.05) is 48.6 Å². The number of thiophene rings is 1. The number of rotatable bonds is 0. The fourth-order valence-corrected chi connectivity index (χ4v) is 4.10. The van der Waals surface area contributed by atoms with E-state index in [1.165, 1.54) is 36.9 Å². The lowest BCUT2D eigenvalue weighted by Crippen LogP contribution is -1.79. The van der Waals surface area contributed by atoms with E-state index in [0.29, 0.717) is 0 Å². The Morgan fingerprint density at radius 3 is 2.74 bits per heavy atom. The van der Waals surface area contributed by atoms with Gasteiger partial charge in [0.1, 0.15) is 0 Å². The van der Waals surface area contributed by atoms with E-state index in [1.807, 2.05) is 11.3 Å². The third kappa shape index (κ3) is 1.66. The summed E-state index contributed by atoms with van der Waals surface area (Å²) in [4.78, 5) is 0. The second-order valence-corrected chi connectivity index (χ2v) is 6.14. The van der Waals surface area contributed by atoms with Crippen LogP contribution in [0.5, 0.6) is 0 Å². The van der Waals surface area contributed by atoms with Crippen molar-refractivity contribution in [3.05, 3.63) is 59.2 Å². The van der Waals surface area contributed by atoms with Gasteiger partial charge in [0.25, 0.3) is 0 Å². The number of hydrogen-bond acceptors (Lipinski definition) is 1. The van der Waals surface area contributed by atoms with E-state index >= 15 is 0 Å². The molecule has 0 nitrogen and oxygen atoms in total. The van der Waals surface area contributed by atoms with Gasteiger partial charge in [-0.05, 0) is 36.1 Å². The predicted molar refractivity (Wildman–Crippen MR) is 86.8 cm³/mol. The Morgan fingerprint density at radius 1 is 0.947 bits per heavy atom. The molecule has 0 bridgehead atoms. The van der Waals surface area contributed by atoms with Crippen LogP contribution in [0.15, 0.2) is 42.5 Å². The van der Waals surface area contributed by atoms with Gasteiger partial charge < -0.3 is 0 Å². The molecule has 4 rings (SSSR count). The highest BCUT2D eigenvalue weighted by Gasteiger charge is 2.10. The molecule has 19 heavy (non-hydrogen) atoms. The summed E-state index contributed by atoms with van der Waals surface area (Å²) in [6.07, 6.45) is 10.0. The van der Waals surface area contributed by atoms with Crippen molar-refractivity contribution in [3.63, 3.8) is 0 Å². The average molecular weight is 262 g/mol. The lowest BCUT2D eigenvalue weighted by molar-refractivity contribution is 1.44. The SMILES string of the molecule is Cc1ccc2c(c1)sc1c3c(ccc12)C=CCC=C3. The summed E-state index contributed by atoms with van der Waals surface area (Å²) >= 11 is 1.91. The highest BCUT2D eigenvalue weighted by molar-refractivity contribution is 7.26. The molecule has 1 aliphatic carbocycles. The molecule has 92 valence electrons. The molecular weight excluding hydrogens is 248 g/mol. The minimum absolute atomic E-state index is 1.03. The van der Waals surface area contributed by atoms with Crippen molar-refractivity contribution in [3.8, 4) is 0 Å². The first-order valence-electron chi connectivity index (χ1n) is 6.62. The predicted octanol–water partition coefficient (Wildman–Crippen LogP) is 5.79. The molecule has 0 N–H and O–H groups in total. The fraction of sp³-hybridized carbons (Fsp3) is 0.111. The summed E-state index contributed by atoms with van der Waals surface area (Å²) in [6, 6.07) is 11.3. The zero-order chi connectivity index (χ0) is 12.8. The van der Waals surface area contributed by atoms with Crippen molar-refractivity contribution >= 4 is 43.7 Å². The molecule has 1 heteroatoms. The van der Waals surface area contributed by atoms with Gasteiger partial charge in [0.05, 0.1) is 0 Å². The quantitative estimate of drug-likeness (QED) is 0.481. The topological polar surface area (TPSA) is 0 Å². The van der Waals surface area contributed by atoms with Gasteiger partial charge in [-0.15, -0.1) is 11.3 Å². The molecule has 0 saturated heterocycles. The Kier molecular flexibility index (Phi) is 2.36. The van der Waals surface area contributed by atoms with Crippen LogP contribution in [0.1, 0.15) is 23.1 Å². The largest absolute Gasteiger partial charge is 0.135 e. The average Bonchev–Trinajstić information content (AvgIpc) is 2.61. The summed E-state index contributed by atoms with van der Waals surface area (Å²) in [7, 11) is 0. The molecule has 0 atom stereocenters. The molecule has 0 spiro atoms. The molecule has 0 radical (unpaired) electrons. The Bertz CT molecular complexity index is 847. The smallest absolute Gasteiger partial charge is 0.0433 e. The van der Waals surface area contributed by atoms with Gasteiger partial charge in [-0.3, -0.25) is 0 Å². The van der Waals surface area contributed by atoms with Gasteiger partial charge in [-0.25, -0.2) is 0 Å². The summed E-state index contributed by atoms with van der Waals surface area (Å²) < 4.78 is 2.81. The Balaban J connectivity index is 2.17. The van der Waals surface area contributed by atoms with Crippen LogP contribution in [0.4, 0.5) is 0 Å². The third-order valence-corrected chi connectivity index (χ3v) is 4.92. The van der Waals surface area contributed by atoms with Crippen molar-refractivity contribution in [2.24, 2.45) is 0 Å². The molecule has 0 aliphatic heterocycles. The highest BCUT2D eigenvalue weighted by Crippen LogP contribution is 2.38. The molecule has 2 aromatic carbocycles. The van der Waals surface area contributed by atoms with Gasteiger partial charge in [0.15, 0.2) is 0 Å². The number of hydrogen-bond donors (Lipinski definition) is 0. The number of aryl methyl sites for hydroxylation is 1. The molecule has 0 unspecified atom stereocenters. The van der Waals surface area contributed by atoms with Crippen molar-refractivity contribution in [1.82, 2.24) is 0 Å². The Labute approximate surface area is 116 Å². The first kappa shape index (κ1) is 11.0. The maximum atomic E-state index is 2.29. The summed E-state index contributed by atoms with van der Waals surface area (Å²) in [5.74, 6) is 0. The highest BCUT2D eigenvalue weighted by atomic mass is 32.1. The number of allylic oxidation sites excluding steroid dienone is 2. The van der Waals surface area contributed by atoms with Crippen LogP contribution in [0.2, 0.25) is 0 Å². The van der Waals surface area contributed by atoms with E-state index < -0.39 is 0 Å². The third-order valence-electron chi connectivity index (χ3n) is 3.72. The summed E-state index contributed by atoms with van der Waals surface area (Å²) in [6.45, 7) is 2.16. The van der Waals surface area contributed by atoms with Crippen LogP contribution in [0.25, 0.3) is 32.3 Å². The van der Waals surface area contributed by atoms with E-state index in [2.05, 4.69) is 61.6 Å². The van der Waals surface area contributed by atoms with Crippen LogP contribution in [-0.4, -0.2) is 0 Å². The van der Waals surface area contributed by atoms with Crippen LogP contribution < -0.4 is 0 Å². The van der Waals surface area contributed by atoms with Crippen LogP contribution in [0, 0.1) is 6.92 Å². The van der Waals surface area contributed by atoms with E-state index in [4.69, 9.17) is 0 Å². The maximum Gasteiger partial charge on any atom is 0.0433 e. The van der Waals surface area contributed by atoms with Gasteiger partial charge >= 0.3 is 0 Å². The lowest BCUT2D eigenvalue weighted by atomic mass is 10.0. The number of benzene rings is 2. The minimum Gasteiger partial charge on any atom is -0.135 e. The molecule has 1 heterocycles. The van der Waals surface area contributed by atoms with Gasteiger partial charge in [0.2, 0.25) is 0 Å². The molecule has 1 aromatic heterocycles. The van der Waals surface area contributed by atoms with E-state index in [0.717, 1.165) is 6.42 Å². The van der Waals surface area contributed by atoms with Crippen LogP contribution >= 0.6 is 11.3 Å². The first-order chi connectivity index (χ1) is 9.33. The van der Waals surface area contributed by atoms with Gasteiger partial charge in [0, 0.05) is 20.2 Å². The van der Waals surface area contributed by atoms with E-state index in [9.17, 15) is 0 Å². The Morgan fingerprint density at radius 2 is 1.79 bits per heavy atom.